The van der Waals surface area contributed by atoms with Crippen LogP contribution < -0.4 is 4.90 Å². The van der Waals surface area contributed by atoms with Crippen molar-refractivity contribution < 1.29 is 0 Å². The molecule has 9 aromatic carbocycles. The molecule has 2 heteroatoms. The molecule has 1 saturated carbocycles. The maximum atomic E-state index is 2.56. The van der Waals surface area contributed by atoms with E-state index in [9.17, 15) is 0 Å². The van der Waals surface area contributed by atoms with Crippen LogP contribution in [0, 0.1) is 0 Å². The number of anilines is 3. The Kier molecular flexibility index (Phi) is 8.75. The minimum absolute atomic E-state index is 0.515. The molecular formula is C59H45NS. The molecule has 0 unspecified atom stereocenters. The Bertz CT molecular complexity index is 3190. The van der Waals surface area contributed by atoms with Crippen molar-refractivity contribution in [3.63, 3.8) is 0 Å². The van der Waals surface area contributed by atoms with E-state index in [1.807, 2.05) is 11.3 Å². The molecule has 292 valence electrons. The lowest BCUT2D eigenvalue weighted by molar-refractivity contribution is 0.444. The van der Waals surface area contributed by atoms with Gasteiger partial charge in [-0.05, 0) is 123 Å². The fourth-order valence-electron chi connectivity index (χ4n) is 11.0. The standard InChI is InChI=1S/C59H45NS/c1-5-18-40(19-6-1)48-29-17-30-53-58(48)50-34-32-47(39-54(50)59(53,44-24-9-3-10-25-44)45-26-11-4-12-27-45)60(46-33-35-57-52(38-46)49-28-15-16-31-56(49)61-57)55-37-43-23-14-13-22-42(43)36-51(55)41-20-7-2-8-21-41/h2-4,7-17,20-40H,1,5-6,18-19H2. The van der Waals surface area contributed by atoms with Gasteiger partial charge in [0.2, 0.25) is 0 Å². The minimum Gasteiger partial charge on any atom is -0.310 e. The molecule has 61 heavy (non-hydrogen) atoms. The molecule has 0 spiro atoms. The third-order valence-corrected chi connectivity index (χ3v) is 14.9. The van der Waals surface area contributed by atoms with Gasteiger partial charge in [-0.3, -0.25) is 0 Å². The molecule has 2 aliphatic rings. The predicted octanol–water partition coefficient (Wildman–Crippen LogP) is 16.8. The Balaban J connectivity index is 1.18. The maximum Gasteiger partial charge on any atom is 0.0714 e. The summed E-state index contributed by atoms with van der Waals surface area (Å²) in [6.45, 7) is 0. The van der Waals surface area contributed by atoms with Gasteiger partial charge in [-0.25, -0.2) is 0 Å². The lowest BCUT2D eigenvalue weighted by Gasteiger charge is -2.35. The third-order valence-electron chi connectivity index (χ3n) is 13.7. The summed E-state index contributed by atoms with van der Waals surface area (Å²) >= 11 is 1.87. The first kappa shape index (κ1) is 36.1. The van der Waals surface area contributed by atoms with Crippen molar-refractivity contribution in [3.05, 3.63) is 234 Å². The van der Waals surface area contributed by atoms with Crippen LogP contribution in [0.2, 0.25) is 0 Å². The Hall–Kier alpha value is -6.74. The van der Waals surface area contributed by atoms with Gasteiger partial charge in [0, 0.05) is 37.1 Å². The predicted molar refractivity (Wildman–Crippen MR) is 260 cm³/mol. The lowest BCUT2D eigenvalue weighted by Crippen LogP contribution is -2.29. The van der Waals surface area contributed by atoms with Crippen LogP contribution in [-0.2, 0) is 5.41 Å². The number of thiophene rings is 1. The topological polar surface area (TPSA) is 3.24 Å². The fourth-order valence-corrected chi connectivity index (χ4v) is 12.1. The van der Waals surface area contributed by atoms with E-state index in [-0.39, 0.29) is 0 Å². The number of hydrogen-bond donors (Lipinski definition) is 0. The van der Waals surface area contributed by atoms with E-state index in [4.69, 9.17) is 0 Å². The highest BCUT2D eigenvalue weighted by Crippen LogP contribution is 2.60. The molecule has 1 nitrogen and oxygen atoms in total. The minimum atomic E-state index is -0.515. The Morgan fingerprint density at radius 1 is 0.443 bits per heavy atom. The summed E-state index contributed by atoms with van der Waals surface area (Å²) in [4.78, 5) is 2.55. The van der Waals surface area contributed by atoms with Crippen molar-refractivity contribution >= 4 is 59.3 Å². The van der Waals surface area contributed by atoms with Crippen molar-refractivity contribution in [2.24, 2.45) is 0 Å². The first-order valence-electron chi connectivity index (χ1n) is 21.9. The second-order valence-corrected chi connectivity index (χ2v) is 18.1. The Morgan fingerprint density at radius 3 is 1.82 bits per heavy atom. The van der Waals surface area contributed by atoms with Crippen LogP contribution in [0.25, 0.3) is 53.2 Å². The first-order valence-corrected chi connectivity index (χ1v) is 22.8. The monoisotopic (exact) mass is 799 g/mol. The van der Waals surface area contributed by atoms with Crippen molar-refractivity contribution in [1.29, 1.82) is 0 Å². The molecule has 10 aromatic rings. The number of nitrogens with zero attached hydrogens (tertiary/aromatic N) is 1. The summed E-state index contributed by atoms with van der Waals surface area (Å²) in [6, 6.07) is 77.8. The molecule has 0 aliphatic heterocycles. The largest absolute Gasteiger partial charge is 0.310 e. The molecule has 0 N–H and O–H groups in total. The highest BCUT2D eigenvalue weighted by Gasteiger charge is 2.47. The number of fused-ring (bicyclic) bond motifs is 7. The Morgan fingerprint density at radius 2 is 1.07 bits per heavy atom. The zero-order valence-corrected chi connectivity index (χ0v) is 34.9. The lowest BCUT2D eigenvalue weighted by atomic mass is 9.67. The van der Waals surface area contributed by atoms with Gasteiger partial charge in [0.15, 0.2) is 0 Å². The second-order valence-electron chi connectivity index (χ2n) is 17.0. The maximum absolute atomic E-state index is 2.56. The zero-order valence-electron chi connectivity index (χ0n) is 34.1. The highest BCUT2D eigenvalue weighted by molar-refractivity contribution is 7.25. The van der Waals surface area contributed by atoms with E-state index in [0.717, 1.165) is 17.1 Å². The van der Waals surface area contributed by atoms with Gasteiger partial charge in [0.1, 0.15) is 0 Å². The third kappa shape index (κ3) is 5.81. The van der Waals surface area contributed by atoms with Gasteiger partial charge in [-0.15, -0.1) is 11.3 Å². The van der Waals surface area contributed by atoms with Crippen molar-refractivity contribution in [1.82, 2.24) is 0 Å². The van der Waals surface area contributed by atoms with Gasteiger partial charge < -0.3 is 4.90 Å². The van der Waals surface area contributed by atoms with Crippen molar-refractivity contribution in [2.45, 2.75) is 43.4 Å². The van der Waals surface area contributed by atoms with E-state index < -0.39 is 5.41 Å². The summed E-state index contributed by atoms with van der Waals surface area (Å²) in [5.41, 5.74) is 15.0. The molecule has 12 rings (SSSR count). The summed E-state index contributed by atoms with van der Waals surface area (Å²) in [7, 11) is 0. The van der Waals surface area contributed by atoms with Crippen LogP contribution in [0.4, 0.5) is 17.1 Å². The summed E-state index contributed by atoms with van der Waals surface area (Å²) < 4.78 is 2.62. The quantitative estimate of drug-likeness (QED) is 0.155. The van der Waals surface area contributed by atoms with Gasteiger partial charge in [-0.2, -0.15) is 0 Å². The van der Waals surface area contributed by atoms with E-state index in [0.29, 0.717) is 5.92 Å². The normalized spacial score (nSPS) is 14.6. The van der Waals surface area contributed by atoms with Crippen LogP contribution in [0.3, 0.4) is 0 Å². The van der Waals surface area contributed by atoms with Crippen LogP contribution in [-0.4, -0.2) is 0 Å². The number of hydrogen-bond acceptors (Lipinski definition) is 2. The Labute approximate surface area is 362 Å². The van der Waals surface area contributed by atoms with Crippen LogP contribution >= 0.6 is 11.3 Å². The average Bonchev–Trinajstić information content (AvgIpc) is 3.86. The molecule has 1 heterocycles. The summed E-state index contributed by atoms with van der Waals surface area (Å²) in [6.07, 6.45) is 6.45. The fraction of sp³-hybridized carbons (Fsp3) is 0.119. The number of benzene rings is 9. The molecule has 0 radical (unpaired) electrons. The SMILES string of the molecule is c1ccc(-c2cc3ccccc3cc2N(c2ccc3c(c2)C(c2ccccc2)(c2ccccc2)c2cccc(C4CCCCC4)c2-3)c2ccc3sc4ccccc4c3c2)cc1. The van der Waals surface area contributed by atoms with Crippen molar-refractivity contribution in [2.75, 3.05) is 4.90 Å². The molecule has 1 fully saturated rings. The molecule has 0 amide bonds. The molecule has 2 aliphatic carbocycles. The summed E-state index contributed by atoms with van der Waals surface area (Å²) in [5, 5.41) is 5.05. The van der Waals surface area contributed by atoms with Crippen LogP contribution in [0.1, 0.15) is 65.8 Å². The highest BCUT2D eigenvalue weighted by atomic mass is 32.1. The zero-order chi connectivity index (χ0) is 40.3. The molecule has 0 bridgehead atoms. The first-order chi connectivity index (χ1) is 30.3. The van der Waals surface area contributed by atoms with Gasteiger partial charge in [-0.1, -0.05) is 177 Å². The van der Waals surface area contributed by atoms with E-state index in [1.165, 1.54) is 113 Å². The van der Waals surface area contributed by atoms with Crippen LogP contribution in [0.15, 0.2) is 206 Å². The summed E-state index contributed by atoms with van der Waals surface area (Å²) in [5.74, 6) is 0.563. The van der Waals surface area contributed by atoms with E-state index >= 15 is 0 Å². The smallest absolute Gasteiger partial charge is 0.0714 e. The average molecular weight is 800 g/mol. The van der Waals surface area contributed by atoms with E-state index in [2.05, 4.69) is 211 Å². The van der Waals surface area contributed by atoms with Crippen molar-refractivity contribution in [3.8, 4) is 22.3 Å². The van der Waals surface area contributed by atoms with Crippen LogP contribution in [0.5, 0.6) is 0 Å². The van der Waals surface area contributed by atoms with Gasteiger partial charge >= 0.3 is 0 Å². The second kappa shape index (κ2) is 14.8. The number of rotatable bonds is 7. The van der Waals surface area contributed by atoms with Gasteiger partial charge in [0.05, 0.1) is 11.1 Å². The molecule has 0 atom stereocenters. The molecule has 1 aromatic heterocycles. The van der Waals surface area contributed by atoms with E-state index in [1.54, 1.807) is 0 Å². The van der Waals surface area contributed by atoms with Gasteiger partial charge in [0.25, 0.3) is 0 Å². The molecule has 0 saturated heterocycles. The molecular weight excluding hydrogens is 755 g/mol.